The van der Waals surface area contributed by atoms with Crippen LogP contribution >= 0.6 is 23.2 Å². The van der Waals surface area contributed by atoms with Gasteiger partial charge in [0.15, 0.2) is 5.75 Å². The number of carbonyl (C=O) groups excluding carboxylic acids is 2. The number of rotatable bonds is 5. The Bertz CT molecular complexity index is 975. The summed E-state index contributed by atoms with van der Waals surface area (Å²) in [5, 5.41) is 0.792. The molecule has 0 aromatic heterocycles. The number of benzene rings is 2. The van der Waals surface area contributed by atoms with Crippen molar-refractivity contribution in [2.45, 2.75) is 0 Å². The van der Waals surface area contributed by atoms with Gasteiger partial charge in [-0.1, -0.05) is 35.3 Å². The van der Waals surface area contributed by atoms with Crippen LogP contribution in [0.3, 0.4) is 0 Å². The Hall–Kier alpha value is -2.74. The van der Waals surface area contributed by atoms with E-state index in [4.69, 9.17) is 42.1 Å². The molecule has 9 heteroatoms. The molecule has 29 heavy (non-hydrogen) atoms. The maximum Gasteiger partial charge on any atom is 0.355 e. The summed E-state index contributed by atoms with van der Waals surface area (Å²) in [4.78, 5) is 26.1. The summed E-state index contributed by atoms with van der Waals surface area (Å²) in [6, 6.07) is 11.8. The first kappa shape index (κ1) is 21.0. The van der Waals surface area contributed by atoms with Crippen LogP contribution in [0.5, 0.6) is 11.5 Å². The van der Waals surface area contributed by atoms with Gasteiger partial charge in [0.25, 0.3) is 0 Å². The van der Waals surface area contributed by atoms with Crippen LogP contribution in [0.4, 0.5) is 5.69 Å². The molecule has 0 N–H and O–H groups in total. The standard InChI is InChI=1S/C20H17Cl2NO6/c1-26-19(24)13-10-28-11-23(18(13)20(25)27-2)15-5-3-4-6-17(15)29-16-8-7-12(21)9-14(16)22/h3-9H,10-11H2,1-2H3. The number of halogens is 2. The molecule has 3 rings (SSSR count). The molecule has 7 nitrogen and oxygen atoms in total. The van der Waals surface area contributed by atoms with Gasteiger partial charge in [-0.25, -0.2) is 9.59 Å². The lowest BCUT2D eigenvalue weighted by Crippen LogP contribution is -2.38. The number of carbonyl (C=O) groups is 2. The lowest BCUT2D eigenvalue weighted by molar-refractivity contribution is -0.140. The van der Waals surface area contributed by atoms with E-state index in [9.17, 15) is 9.59 Å². The van der Waals surface area contributed by atoms with Crippen LogP contribution < -0.4 is 9.64 Å². The summed E-state index contributed by atoms with van der Waals surface area (Å²) >= 11 is 12.1. The molecule has 0 saturated heterocycles. The first-order valence-corrected chi connectivity index (χ1v) is 9.18. The zero-order chi connectivity index (χ0) is 21.0. The highest BCUT2D eigenvalue weighted by Gasteiger charge is 2.33. The highest BCUT2D eigenvalue weighted by atomic mass is 35.5. The third kappa shape index (κ3) is 4.48. The molecule has 0 bridgehead atoms. The maximum absolute atomic E-state index is 12.5. The average Bonchev–Trinajstić information content (AvgIpc) is 2.74. The van der Waals surface area contributed by atoms with Crippen molar-refractivity contribution in [3.05, 3.63) is 63.8 Å². The minimum Gasteiger partial charge on any atom is -0.466 e. The van der Waals surface area contributed by atoms with Gasteiger partial charge in [0.05, 0.1) is 37.1 Å². The number of anilines is 1. The van der Waals surface area contributed by atoms with Gasteiger partial charge < -0.3 is 23.8 Å². The largest absolute Gasteiger partial charge is 0.466 e. The molecular formula is C20H17Cl2NO6. The summed E-state index contributed by atoms with van der Waals surface area (Å²) in [6.45, 7) is -0.0840. The van der Waals surface area contributed by atoms with Gasteiger partial charge in [0.1, 0.15) is 18.2 Å². The summed E-state index contributed by atoms with van der Waals surface area (Å²) in [7, 11) is 2.45. The van der Waals surface area contributed by atoms with E-state index >= 15 is 0 Å². The normalized spacial score (nSPS) is 13.9. The van der Waals surface area contributed by atoms with Crippen molar-refractivity contribution in [2.75, 3.05) is 32.5 Å². The Morgan fingerprint density at radius 3 is 2.41 bits per heavy atom. The maximum atomic E-state index is 12.5. The van der Waals surface area contributed by atoms with Crippen molar-refractivity contribution in [1.82, 2.24) is 0 Å². The van der Waals surface area contributed by atoms with Crippen LogP contribution in [0.25, 0.3) is 0 Å². The molecule has 0 radical (unpaired) electrons. The molecule has 0 atom stereocenters. The summed E-state index contributed by atoms with van der Waals surface area (Å²) in [5.41, 5.74) is 0.536. The molecule has 2 aromatic rings. The molecule has 0 spiro atoms. The zero-order valence-corrected chi connectivity index (χ0v) is 17.1. The van der Waals surface area contributed by atoms with Crippen LogP contribution in [0.15, 0.2) is 53.7 Å². The van der Waals surface area contributed by atoms with Crippen molar-refractivity contribution in [2.24, 2.45) is 0 Å². The predicted octanol–water partition coefficient (Wildman–Crippen LogP) is 4.18. The van der Waals surface area contributed by atoms with Crippen molar-refractivity contribution < 1.29 is 28.5 Å². The molecule has 0 saturated carbocycles. The third-order valence-electron chi connectivity index (χ3n) is 4.10. The first-order chi connectivity index (χ1) is 14.0. The smallest absolute Gasteiger partial charge is 0.355 e. The van der Waals surface area contributed by atoms with Crippen LogP contribution in [-0.4, -0.2) is 39.5 Å². The molecule has 0 fully saturated rings. The van der Waals surface area contributed by atoms with E-state index in [0.29, 0.717) is 27.2 Å². The molecule has 0 aliphatic carbocycles. The van der Waals surface area contributed by atoms with Crippen molar-refractivity contribution in [1.29, 1.82) is 0 Å². The van der Waals surface area contributed by atoms with Gasteiger partial charge in [-0.15, -0.1) is 0 Å². The fraction of sp³-hybridized carbons (Fsp3) is 0.200. The molecule has 1 aliphatic rings. The van der Waals surface area contributed by atoms with Gasteiger partial charge in [-0.2, -0.15) is 0 Å². The molecule has 1 heterocycles. The van der Waals surface area contributed by atoms with E-state index in [2.05, 4.69) is 0 Å². The minimum atomic E-state index is -0.701. The van der Waals surface area contributed by atoms with E-state index in [-0.39, 0.29) is 24.6 Å². The monoisotopic (exact) mass is 437 g/mol. The van der Waals surface area contributed by atoms with Crippen LogP contribution in [-0.2, 0) is 23.8 Å². The van der Waals surface area contributed by atoms with Gasteiger partial charge >= 0.3 is 11.9 Å². The van der Waals surface area contributed by atoms with Crippen molar-refractivity contribution >= 4 is 40.8 Å². The zero-order valence-electron chi connectivity index (χ0n) is 15.6. The second kappa shape index (κ2) is 9.17. The van der Waals surface area contributed by atoms with Crippen molar-refractivity contribution in [3.8, 4) is 11.5 Å². The number of para-hydroxylation sites is 2. The van der Waals surface area contributed by atoms with Crippen LogP contribution in [0, 0.1) is 0 Å². The Morgan fingerprint density at radius 2 is 1.72 bits per heavy atom. The lowest BCUT2D eigenvalue weighted by atomic mass is 10.1. The summed E-state index contributed by atoms with van der Waals surface area (Å²) < 4.78 is 21.1. The number of nitrogens with zero attached hydrogens (tertiary/aromatic N) is 1. The Kier molecular flexibility index (Phi) is 6.64. The fourth-order valence-electron chi connectivity index (χ4n) is 2.78. The molecular weight excluding hydrogens is 421 g/mol. The van der Waals surface area contributed by atoms with Crippen molar-refractivity contribution in [3.63, 3.8) is 0 Å². The molecule has 0 unspecified atom stereocenters. The number of hydrogen-bond donors (Lipinski definition) is 0. The summed E-state index contributed by atoms with van der Waals surface area (Å²) in [6.07, 6.45) is 0. The second-order valence-electron chi connectivity index (χ2n) is 5.86. The van der Waals surface area contributed by atoms with Gasteiger partial charge in [-0.3, -0.25) is 0 Å². The molecule has 152 valence electrons. The summed E-state index contributed by atoms with van der Waals surface area (Å²) in [5.74, 6) is -0.631. The van der Waals surface area contributed by atoms with E-state index in [0.717, 1.165) is 0 Å². The fourth-order valence-corrected chi connectivity index (χ4v) is 3.22. The Morgan fingerprint density at radius 1 is 1.00 bits per heavy atom. The number of methoxy groups -OCH3 is 2. The highest BCUT2D eigenvalue weighted by Crippen LogP contribution is 2.39. The molecule has 0 amide bonds. The second-order valence-corrected chi connectivity index (χ2v) is 6.70. The SMILES string of the molecule is COC(=O)C1=C(C(=O)OC)N(c2ccccc2Oc2ccc(Cl)cc2Cl)COC1. The van der Waals surface area contributed by atoms with E-state index in [1.165, 1.54) is 19.1 Å². The Labute approximate surface area is 177 Å². The topological polar surface area (TPSA) is 74.3 Å². The molecule has 2 aromatic carbocycles. The molecule has 1 aliphatic heterocycles. The van der Waals surface area contributed by atoms with E-state index in [1.54, 1.807) is 42.5 Å². The number of hydrogen-bond acceptors (Lipinski definition) is 7. The number of esters is 2. The first-order valence-electron chi connectivity index (χ1n) is 8.43. The van der Waals surface area contributed by atoms with E-state index < -0.39 is 11.9 Å². The number of ether oxygens (including phenoxy) is 4. The van der Waals surface area contributed by atoms with Gasteiger partial charge in [0.2, 0.25) is 0 Å². The van der Waals surface area contributed by atoms with Crippen LogP contribution in [0.2, 0.25) is 10.0 Å². The predicted molar refractivity (Wildman–Crippen MR) is 107 cm³/mol. The van der Waals surface area contributed by atoms with Gasteiger partial charge in [0, 0.05) is 5.02 Å². The quantitative estimate of drug-likeness (QED) is 0.649. The Balaban J connectivity index is 2.07. The average molecular weight is 438 g/mol. The highest BCUT2D eigenvalue weighted by molar-refractivity contribution is 6.35. The van der Waals surface area contributed by atoms with Crippen LogP contribution in [0.1, 0.15) is 0 Å². The van der Waals surface area contributed by atoms with Gasteiger partial charge in [-0.05, 0) is 30.3 Å². The third-order valence-corrected chi connectivity index (χ3v) is 4.63. The lowest BCUT2D eigenvalue weighted by Gasteiger charge is -2.32. The van der Waals surface area contributed by atoms with E-state index in [1.807, 2.05) is 0 Å². The minimum absolute atomic E-state index is 0.000346.